The summed E-state index contributed by atoms with van der Waals surface area (Å²) in [5.74, 6) is -11.9. The molecule has 2 aromatic carbocycles. The molecule has 0 heterocycles. The Kier molecular flexibility index (Phi) is 6.67. The molecule has 0 spiro atoms. The molecule has 2 aromatic rings. The number of hydrogen-bond acceptors (Lipinski definition) is 2. The molecule has 0 radical (unpaired) electrons. The van der Waals surface area contributed by atoms with Gasteiger partial charge in [-0.1, -0.05) is 0 Å². The van der Waals surface area contributed by atoms with E-state index in [-0.39, 0.29) is 0 Å². The van der Waals surface area contributed by atoms with Crippen LogP contribution in [-0.4, -0.2) is 16.9 Å². The smallest absolute Gasteiger partial charge is 0.339 e. The van der Waals surface area contributed by atoms with E-state index in [0.29, 0.717) is 12.7 Å². The van der Waals surface area contributed by atoms with Crippen LogP contribution in [0.1, 0.15) is 26.3 Å². The zero-order chi connectivity index (χ0) is 19.0. The predicted molar refractivity (Wildman–Crippen MR) is 106 cm³/mol. The van der Waals surface area contributed by atoms with Crippen LogP contribution >= 0.6 is 67.8 Å². The van der Waals surface area contributed by atoms with Crippen LogP contribution in [0.2, 0.25) is 0 Å². The van der Waals surface area contributed by atoms with Crippen LogP contribution in [0.5, 0.6) is 0 Å². The van der Waals surface area contributed by atoms with E-state index >= 15 is 0 Å². The second kappa shape index (κ2) is 8.02. The molecule has 10 heteroatoms. The van der Waals surface area contributed by atoms with Gasteiger partial charge < -0.3 is 5.11 Å². The van der Waals surface area contributed by atoms with Crippen molar-refractivity contribution in [3.63, 3.8) is 0 Å². The van der Waals surface area contributed by atoms with Crippen molar-refractivity contribution in [2.45, 2.75) is 6.42 Å². The van der Waals surface area contributed by atoms with Crippen LogP contribution in [0.4, 0.5) is 17.6 Å². The summed E-state index contributed by atoms with van der Waals surface area (Å²) in [5.41, 5.74) is -2.38. The first kappa shape index (κ1) is 20.8. The standard InChI is InChI=1S/C15H5F4I3O3/c16-11-9(10(15(24)25)12(17)14(19)13(11)18)8(23)3-5-6(21)1-4(20)2-7(5)22/h1-2H,3H2,(H,24,25). The van der Waals surface area contributed by atoms with Crippen molar-refractivity contribution in [1.82, 2.24) is 0 Å². The highest BCUT2D eigenvalue weighted by atomic mass is 127. The topological polar surface area (TPSA) is 54.4 Å². The summed E-state index contributed by atoms with van der Waals surface area (Å²) in [6.45, 7) is 0. The molecule has 0 aliphatic heterocycles. The van der Waals surface area contributed by atoms with Crippen molar-refractivity contribution >= 4 is 79.5 Å². The Hall–Kier alpha value is -0.510. The Morgan fingerprint density at radius 3 is 1.72 bits per heavy atom. The molecule has 1 N–H and O–H groups in total. The van der Waals surface area contributed by atoms with Crippen molar-refractivity contribution in [3.05, 3.63) is 62.8 Å². The van der Waals surface area contributed by atoms with Gasteiger partial charge >= 0.3 is 5.97 Å². The van der Waals surface area contributed by atoms with E-state index in [1.165, 1.54) is 0 Å². The molecule has 3 nitrogen and oxygen atoms in total. The number of Topliss-reactive ketones (excluding diaryl/α,β-unsaturated/α-hetero) is 1. The Labute approximate surface area is 179 Å². The van der Waals surface area contributed by atoms with E-state index in [1.807, 2.05) is 45.2 Å². The molecule has 0 saturated heterocycles. The first-order valence-corrected chi connectivity index (χ1v) is 9.55. The third-order valence-corrected chi connectivity index (χ3v) is 5.75. The van der Waals surface area contributed by atoms with Gasteiger partial charge in [-0.25, -0.2) is 22.4 Å². The summed E-state index contributed by atoms with van der Waals surface area (Å²) >= 11 is 5.92. The average Bonchev–Trinajstić information content (AvgIpc) is 2.51. The summed E-state index contributed by atoms with van der Waals surface area (Å²) in [4.78, 5) is 23.5. The van der Waals surface area contributed by atoms with Gasteiger partial charge in [0.1, 0.15) is 5.56 Å². The van der Waals surface area contributed by atoms with E-state index in [2.05, 4.69) is 22.6 Å². The first-order valence-electron chi connectivity index (χ1n) is 6.32. The van der Waals surface area contributed by atoms with Crippen molar-refractivity contribution < 1.29 is 32.3 Å². The third-order valence-electron chi connectivity index (χ3n) is 3.20. The minimum absolute atomic E-state index is 0.451. The fourth-order valence-corrected chi connectivity index (χ4v) is 6.05. The van der Waals surface area contributed by atoms with E-state index < -0.39 is 52.6 Å². The summed E-state index contributed by atoms with van der Waals surface area (Å²) in [7, 11) is 0. The number of benzene rings is 2. The van der Waals surface area contributed by atoms with Gasteiger partial charge in [0.05, 0.1) is 5.56 Å². The molecule has 0 fully saturated rings. The minimum Gasteiger partial charge on any atom is -0.478 e. The second-order valence-electron chi connectivity index (χ2n) is 4.76. The Morgan fingerprint density at radius 2 is 1.28 bits per heavy atom. The molecule has 0 amide bonds. The number of rotatable bonds is 4. The van der Waals surface area contributed by atoms with Gasteiger partial charge in [-0.2, -0.15) is 0 Å². The SMILES string of the molecule is O=C(O)c1c(F)c(F)c(F)c(F)c1C(=O)Cc1c(I)cc(I)cc1I. The van der Waals surface area contributed by atoms with Gasteiger partial charge in [0.25, 0.3) is 0 Å². The molecular weight excluding hydrogens is 685 g/mol. The lowest BCUT2D eigenvalue weighted by molar-refractivity contribution is 0.0683. The number of ketones is 1. The normalized spacial score (nSPS) is 10.8. The Bertz CT molecular complexity index is 893. The van der Waals surface area contributed by atoms with Gasteiger partial charge in [-0.3, -0.25) is 4.79 Å². The average molecular weight is 690 g/mol. The summed E-state index contributed by atoms with van der Waals surface area (Å²) in [6, 6.07) is 3.46. The summed E-state index contributed by atoms with van der Waals surface area (Å²) in [5, 5.41) is 8.99. The molecule has 0 bridgehead atoms. The molecule has 0 unspecified atom stereocenters. The van der Waals surface area contributed by atoms with Crippen LogP contribution < -0.4 is 0 Å². The van der Waals surface area contributed by atoms with E-state index in [0.717, 1.165) is 3.57 Å². The number of aromatic carboxylic acids is 1. The van der Waals surface area contributed by atoms with Crippen LogP contribution in [0.3, 0.4) is 0 Å². The lowest BCUT2D eigenvalue weighted by atomic mass is 9.97. The van der Waals surface area contributed by atoms with E-state index in [4.69, 9.17) is 5.11 Å². The number of carbonyl (C=O) groups excluding carboxylic acids is 1. The zero-order valence-corrected chi connectivity index (χ0v) is 18.2. The lowest BCUT2D eigenvalue weighted by Crippen LogP contribution is -2.19. The van der Waals surface area contributed by atoms with Gasteiger partial charge in [0.15, 0.2) is 29.1 Å². The number of carboxylic acid groups (broad SMARTS) is 1. The van der Waals surface area contributed by atoms with Crippen molar-refractivity contribution in [2.75, 3.05) is 0 Å². The number of hydrogen-bond donors (Lipinski definition) is 1. The monoisotopic (exact) mass is 690 g/mol. The fourth-order valence-electron chi connectivity index (χ4n) is 2.08. The molecule has 0 saturated carbocycles. The highest BCUT2D eigenvalue weighted by Gasteiger charge is 2.32. The van der Waals surface area contributed by atoms with Gasteiger partial charge in [0.2, 0.25) is 0 Å². The maximum atomic E-state index is 14.0. The van der Waals surface area contributed by atoms with Crippen LogP contribution in [-0.2, 0) is 6.42 Å². The fraction of sp³-hybridized carbons (Fsp3) is 0.0667. The van der Waals surface area contributed by atoms with Gasteiger partial charge in [-0.05, 0) is 85.5 Å². The highest BCUT2D eigenvalue weighted by molar-refractivity contribution is 14.1. The Balaban J connectivity index is 2.63. The number of carboxylic acids is 1. The van der Waals surface area contributed by atoms with Gasteiger partial charge in [-0.15, -0.1) is 0 Å². The molecular formula is C15H5F4I3O3. The largest absolute Gasteiger partial charge is 0.478 e. The zero-order valence-electron chi connectivity index (χ0n) is 11.8. The molecule has 0 aliphatic rings. The lowest BCUT2D eigenvalue weighted by Gasteiger charge is -2.12. The summed E-state index contributed by atoms with van der Waals surface area (Å²) in [6.07, 6.45) is -0.491. The quantitative estimate of drug-likeness (QED) is 0.158. The molecule has 0 atom stereocenters. The molecule has 0 aliphatic carbocycles. The minimum atomic E-state index is -2.27. The predicted octanol–water partition coefficient (Wildman–Crippen LogP) is 5.18. The molecule has 0 aromatic heterocycles. The van der Waals surface area contributed by atoms with Crippen LogP contribution in [0.25, 0.3) is 0 Å². The van der Waals surface area contributed by atoms with Gasteiger partial charge in [0, 0.05) is 17.1 Å². The number of halogens is 7. The maximum Gasteiger partial charge on any atom is 0.339 e. The van der Waals surface area contributed by atoms with Crippen LogP contribution in [0.15, 0.2) is 12.1 Å². The maximum absolute atomic E-state index is 14.0. The highest BCUT2D eigenvalue weighted by Crippen LogP contribution is 2.28. The van der Waals surface area contributed by atoms with Crippen molar-refractivity contribution in [3.8, 4) is 0 Å². The second-order valence-corrected chi connectivity index (χ2v) is 8.33. The van der Waals surface area contributed by atoms with Crippen molar-refractivity contribution in [1.29, 1.82) is 0 Å². The van der Waals surface area contributed by atoms with Crippen LogP contribution in [0, 0.1) is 34.0 Å². The third kappa shape index (κ3) is 4.09. The number of carbonyl (C=O) groups is 2. The molecule has 132 valence electrons. The molecule has 25 heavy (non-hydrogen) atoms. The first-order chi connectivity index (χ1) is 11.6. The van der Waals surface area contributed by atoms with E-state index in [9.17, 15) is 27.2 Å². The Morgan fingerprint density at radius 1 is 0.840 bits per heavy atom. The summed E-state index contributed by atoms with van der Waals surface area (Å²) < 4.78 is 56.7. The van der Waals surface area contributed by atoms with E-state index in [1.54, 1.807) is 12.1 Å². The molecule has 2 rings (SSSR count). The van der Waals surface area contributed by atoms with Crippen molar-refractivity contribution in [2.24, 2.45) is 0 Å².